The van der Waals surface area contributed by atoms with E-state index >= 15 is 0 Å². The zero-order valence-corrected chi connectivity index (χ0v) is 16.2. The number of benzene rings is 2. The summed E-state index contributed by atoms with van der Waals surface area (Å²) in [4.78, 5) is 16.8. The van der Waals surface area contributed by atoms with Crippen LogP contribution in [0.4, 0.5) is 5.69 Å². The second kappa shape index (κ2) is 8.16. The van der Waals surface area contributed by atoms with Crippen molar-refractivity contribution in [3.8, 4) is 11.4 Å². The highest BCUT2D eigenvalue weighted by atomic mass is 16.5. The van der Waals surface area contributed by atoms with Gasteiger partial charge >= 0.3 is 0 Å². The SMILES string of the molecule is Cc1ccc(-c2noc(CCC(=O)Nc3c(C)cccc3C(C)C)n2)cc1. The molecule has 0 aliphatic heterocycles. The van der Waals surface area contributed by atoms with Gasteiger partial charge in [0.1, 0.15) is 0 Å². The number of carbonyl (C=O) groups excluding carboxylic acids is 1. The Labute approximate surface area is 159 Å². The number of aromatic nitrogens is 2. The molecule has 27 heavy (non-hydrogen) atoms. The molecule has 0 fully saturated rings. The van der Waals surface area contributed by atoms with Crippen LogP contribution < -0.4 is 5.32 Å². The fourth-order valence-corrected chi connectivity index (χ4v) is 2.94. The minimum atomic E-state index is -0.0544. The molecule has 0 unspecified atom stereocenters. The molecule has 0 aliphatic carbocycles. The lowest BCUT2D eigenvalue weighted by molar-refractivity contribution is -0.116. The molecule has 0 aliphatic rings. The van der Waals surface area contributed by atoms with Crippen LogP contribution in [0.3, 0.4) is 0 Å². The summed E-state index contributed by atoms with van der Waals surface area (Å²) in [7, 11) is 0. The van der Waals surface area contributed by atoms with E-state index in [9.17, 15) is 4.79 Å². The van der Waals surface area contributed by atoms with Crippen LogP contribution >= 0.6 is 0 Å². The first-order valence-electron chi connectivity index (χ1n) is 9.23. The van der Waals surface area contributed by atoms with Crippen molar-refractivity contribution >= 4 is 11.6 Å². The van der Waals surface area contributed by atoms with E-state index in [2.05, 4.69) is 35.4 Å². The van der Waals surface area contributed by atoms with Gasteiger partial charge in [0.15, 0.2) is 0 Å². The van der Waals surface area contributed by atoms with Crippen molar-refractivity contribution in [3.63, 3.8) is 0 Å². The number of carbonyl (C=O) groups is 1. The van der Waals surface area contributed by atoms with E-state index in [-0.39, 0.29) is 5.91 Å². The van der Waals surface area contributed by atoms with Gasteiger partial charge in [0.25, 0.3) is 0 Å². The Morgan fingerprint density at radius 1 is 1.11 bits per heavy atom. The van der Waals surface area contributed by atoms with Crippen LogP contribution in [-0.4, -0.2) is 16.0 Å². The Hall–Kier alpha value is -2.95. The summed E-state index contributed by atoms with van der Waals surface area (Å²) in [6.45, 7) is 8.28. The number of para-hydroxylation sites is 1. The second-order valence-corrected chi connectivity index (χ2v) is 7.12. The monoisotopic (exact) mass is 363 g/mol. The molecule has 140 valence electrons. The first-order chi connectivity index (χ1) is 12.9. The molecule has 0 saturated heterocycles. The maximum Gasteiger partial charge on any atom is 0.227 e. The molecule has 3 rings (SSSR count). The summed E-state index contributed by atoms with van der Waals surface area (Å²) in [5, 5.41) is 7.06. The molecule has 5 nitrogen and oxygen atoms in total. The molecule has 0 bridgehead atoms. The van der Waals surface area contributed by atoms with Crippen molar-refractivity contribution in [3.05, 3.63) is 65.0 Å². The highest BCUT2D eigenvalue weighted by Gasteiger charge is 2.14. The Morgan fingerprint density at radius 2 is 1.85 bits per heavy atom. The zero-order chi connectivity index (χ0) is 19.4. The molecule has 1 heterocycles. The zero-order valence-electron chi connectivity index (χ0n) is 16.2. The molecule has 0 atom stereocenters. The number of hydrogen-bond acceptors (Lipinski definition) is 4. The van der Waals surface area contributed by atoms with Crippen LogP contribution in [0, 0.1) is 13.8 Å². The molecule has 0 radical (unpaired) electrons. The Kier molecular flexibility index (Phi) is 5.69. The highest BCUT2D eigenvalue weighted by molar-refractivity contribution is 5.92. The van der Waals surface area contributed by atoms with Gasteiger partial charge in [-0.15, -0.1) is 0 Å². The van der Waals surface area contributed by atoms with Gasteiger partial charge in [-0.25, -0.2) is 0 Å². The molecule has 2 aromatic carbocycles. The molecule has 0 spiro atoms. The van der Waals surface area contributed by atoms with Crippen LogP contribution in [0.5, 0.6) is 0 Å². The average Bonchev–Trinajstić information content (AvgIpc) is 3.11. The van der Waals surface area contributed by atoms with Gasteiger partial charge in [0, 0.05) is 24.1 Å². The molecule has 3 aromatic rings. The number of amides is 1. The highest BCUT2D eigenvalue weighted by Crippen LogP contribution is 2.27. The van der Waals surface area contributed by atoms with E-state index in [1.165, 1.54) is 5.56 Å². The number of nitrogens with zero attached hydrogens (tertiary/aromatic N) is 2. The standard InChI is InChI=1S/C22H25N3O2/c1-14(2)18-7-5-6-16(4)21(18)23-19(26)12-13-20-24-22(25-27-20)17-10-8-15(3)9-11-17/h5-11,14H,12-13H2,1-4H3,(H,23,26). The van der Waals surface area contributed by atoms with Crippen molar-refractivity contribution in [2.75, 3.05) is 5.32 Å². The number of anilines is 1. The molecule has 1 amide bonds. The number of aryl methyl sites for hydroxylation is 3. The minimum Gasteiger partial charge on any atom is -0.339 e. The Bertz CT molecular complexity index is 927. The first-order valence-corrected chi connectivity index (χ1v) is 9.23. The molecule has 5 heteroatoms. The fraction of sp³-hybridized carbons (Fsp3) is 0.318. The lowest BCUT2D eigenvalue weighted by Crippen LogP contribution is -2.15. The third-order valence-electron chi connectivity index (χ3n) is 4.54. The maximum atomic E-state index is 12.4. The smallest absolute Gasteiger partial charge is 0.227 e. The Balaban J connectivity index is 1.63. The van der Waals surface area contributed by atoms with Crippen LogP contribution in [0.1, 0.15) is 48.8 Å². The summed E-state index contributed by atoms with van der Waals surface area (Å²) < 4.78 is 5.29. The molecular formula is C22H25N3O2. The maximum absolute atomic E-state index is 12.4. The number of nitrogens with one attached hydrogen (secondary N) is 1. The second-order valence-electron chi connectivity index (χ2n) is 7.12. The fourth-order valence-electron chi connectivity index (χ4n) is 2.94. The molecular weight excluding hydrogens is 338 g/mol. The molecule has 1 N–H and O–H groups in total. The van der Waals surface area contributed by atoms with Crippen molar-refractivity contribution in [1.82, 2.24) is 10.1 Å². The summed E-state index contributed by atoms with van der Waals surface area (Å²) in [6.07, 6.45) is 0.703. The minimum absolute atomic E-state index is 0.0544. The van der Waals surface area contributed by atoms with Gasteiger partial charge in [-0.2, -0.15) is 4.98 Å². The predicted molar refractivity (Wildman–Crippen MR) is 107 cm³/mol. The van der Waals surface area contributed by atoms with E-state index in [1.54, 1.807) is 0 Å². The first kappa shape index (κ1) is 18.8. The van der Waals surface area contributed by atoms with Crippen molar-refractivity contribution in [2.24, 2.45) is 0 Å². The topological polar surface area (TPSA) is 68.0 Å². The lowest BCUT2D eigenvalue weighted by Gasteiger charge is -2.16. The largest absolute Gasteiger partial charge is 0.339 e. The molecule has 1 aromatic heterocycles. The third kappa shape index (κ3) is 4.61. The van der Waals surface area contributed by atoms with Crippen molar-refractivity contribution in [2.45, 2.75) is 46.5 Å². The third-order valence-corrected chi connectivity index (χ3v) is 4.54. The van der Waals surface area contributed by atoms with Gasteiger partial charge in [0.05, 0.1) is 0 Å². The van der Waals surface area contributed by atoms with E-state index in [0.717, 1.165) is 22.4 Å². The van der Waals surface area contributed by atoms with Crippen LogP contribution in [-0.2, 0) is 11.2 Å². The summed E-state index contributed by atoms with van der Waals surface area (Å²) in [5.41, 5.74) is 5.19. The van der Waals surface area contributed by atoms with Gasteiger partial charge in [-0.3, -0.25) is 4.79 Å². The summed E-state index contributed by atoms with van der Waals surface area (Å²) in [5.74, 6) is 1.30. The Morgan fingerprint density at radius 3 is 2.56 bits per heavy atom. The number of hydrogen-bond donors (Lipinski definition) is 1. The van der Waals surface area contributed by atoms with Gasteiger partial charge in [0.2, 0.25) is 17.6 Å². The van der Waals surface area contributed by atoms with Crippen LogP contribution in [0.15, 0.2) is 47.0 Å². The normalized spacial score (nSPS) is 11.0. The van der Waals surface area contributed by atoms with Gasteiger partial charge in [-0.1, -0.05) is 67.0 Å². The van der Waals surface area contributed by atoms with Crippen molar-refractivity contribution < 1.29 is 9.32 Å². The summed E-state index contributed by atoms with van der Waals surface area (Å²) >= 11 is 0. The molecule has 0 saturated carbocycles. The van der Waals surface area contributed by atoms with Gasteiger partial charge in [-0.05, 0) is 30.9 Å². The number of rotatable bonds is 6. The van der Waals surface area contributed by atoms with E-state index in [4.69, 9.17) is 4.52 Å². The van der Waals surface area contributed by atoms with E-state index < -0.39 is 0 Å². The average molecular weight is 363 g/mol. The van der Waals surface area contributed by atoms with Gasteiger partial charge < -0.3 is 9.84 Å². The van der Waals surface area contributed by atoms with Crippen LogP contribution in [0.25, 0.3) is 11.4 Å². The lowest BCUT2D eigenvalue weighted by atomic mass is 9.98. The van der Waals surface area contributed by atoms with Crippen LogP contribution in [0.2, 0.25) is 0 Å². The van der Waals surface area contributed by atoms with E-state index in [1.807, 2.05) is 50.2 Å². The predicted octanol–water partition coefficient (Wildman–Crippen LogP) is 5.05. The van der Waals surface area contributed by atoms with E-state index in [0.29, 0.717) is 30.5 Å². The quantitative estimate of drug-likeness (QED) is 0.665. The summed E-state index contributed by atoms with van der Waals surface area (Å²) in [6, 6.07) is 14.0. The van der Waals surface area contributed by atoms with Crippen molar-refractivity contribution in [1.29, 1.82) is 0 Å².